The van der Waals surface area contributed by atoms with Crippen molar-refractivity contribution in [2.24, 2.45) is 0 Å². The summed E-state index contributed by atoms with van der Waals surface area (Å²) in [5.41, 5.74) is 0.809. The first kappa shape index (κ1) is 15.7. The molecule has 21 heavy (non-hydrogen) atoms. The van der Waals surface area contributed by atoms with Crippen molar-refractivity contribution in [3.8, 4) is 16.9 Å². The molecule has 0 fully saturated rings. The van der Waals surface area contributed by atoms with Crippen LogP contribution in [0.25, 0.3) is 11.1 Å². The highest BCUT2D eigenvalue weighted by Crippen LogP contribution is 2.32. The maximum absolute atomic E-state index is 12.2. The van der Waals surface area contributed by atoms with Crippen molar-refractivity contribution in [3.63, 3.8) is 0 Å². The molecule has 0 radical (unpaired) electrons. The minimum atomic E-state index is -4.79. The summed E-state index contributed by atoms with van der Waals surface area (Å²) in [6, 6.07) is 9.54. The van der Waals surface area contributed by atoms with Crippen LogP contribution in [0.5, 0.6) is 5.75 Å². The fourth-order valence-electron chi connectivity index (χ4n) is 1.79. The van der Waals surface area contributed by atoms with Gasteiger partial charge in [-0.3, -0.25) is 4.79 Å². The zero-order valence-electron chi connectivity index (χ0n) is 10.2. The van der Waals surface area contributed by atoms with Crippen LogP contribution in [0, 0.1) is 0 Å². The van der Waals surface area contributed by atoms with Gasteiger partial charge in [-0.05, 0) is 53.1 Å². The van der Waals surface area contributed by atoms with E-state index in [1.54, 1.807) is 0 Å². The van der Waals surface area contributed by atoms with Crippen LogP contribution in [-0.4, -0.2) is 11.6 Å². The molecule has 2 aromatic carbocycles. The van der Waals surface area contributed by atoms with Crippen molar-refractivity contribution in [1.82, 2.24) is 0 Å². The number of carbonyl (C=O) groups is 1. The molecule has 0 N–H and O–H groups in total. The molecule has 2 nitrogen and oxygen atoms in total. The minimum Gasteiger partial charge on any atom is -0.406 e. The Labute approximate surface area is 128 Å². The number of benzene rings is 2. The molecule has 0 saturated heterocycles. The van der Waals surface area contributed by atoms with Gasteiger partial charge in [0.05, 0.1) is 0 Å². The zero-order chi connectivity index (χ0) is 15.6. The zero-order valence-corrected chi connectivity index (χ0v) is 11.8. The van der Waals surface area contributed by atoms with Crippen LogP contribution in [0.3, 0.4) is 0 Å². The van der Waals surface area contributed by atoms with Crippen LogP contribution in [0.15, 0.2) is 42.5 Å². The summed E-state index contributed by atoms with van der Waals surface area (Å²) in [5, 5.41) is -0.405. The molecule has 110 valence electrons. The Bertz CT molecular complexity index is 684. The maximum atomic E-state index is 12.2. The summed E-state index contributed by atoms with van der Waals surface area (Å²) < 4.78 is 40.5. The van der Waals surface area contributed by atoms with Crippen LogP contribution >= 0.6 is 23.2 Å². The maximum Gasteiger partial charge on any atom is 0.573 e. The molecule has 0 bridgehead atoms. The van der Waals surface area contributed by atoms with Gasteiger partial charge in [-0.1, -0.05) is 23.7 Å². The fourth-order valence-corrected chi connectivity index (χ4v) is 2.12. The van der Waals surface area contributed by atoms with Crippen LogP contribution in [-0.2, 0) is 0 Å². The van der Waals surface area contributed by atoms with E-state index in [4.69, 9.17) is 23.2 Å². The highest BCUT2D eigenvalue weighted by molar-refractivity contribution is 6.68. The summed E-state index contributed by atoms with van der Waals surface area (Å²) in [5.74, 6) is -0.395. The summed E-state index contributed by atoms with van der Waals surface area (Å²) in [6.45, 7) is 0. The van der Waals surface area contributed by atoms with E-state index >= 15 is 0 Å². The first-order chi connectivity index (χ1) is 9.76. The molecule has 0 aliphatic carbocycles. The molecule has 0 spiro atoms. The second kappa shape index (κ2) is 5.95. The monoisotopic (exact) mass is 334 g/mol. The molecule has 0 aromatic heterocycles. The van der Waals surface area contributed by atoms with E-state index in [0.29, 0.717) is 16.1 Å². The van der Waals surface area contributed by atoms with Gasteiger partial charge >= 0.3 is 6.36 Å². The van der Waals surface area contributed by atoms with Gasteiger partial charge < -0.3 is 4.74 Å². The largest absolute Gasteiger partial charge is 0.573 e. The van der Waals surface area contributed by atoms with Crippen molar-refractivity contribution in [1.29, 1.82) is 0 Å². The number of alkyl halides is 3. The summed E-state index contributed by atoms with van der Waals surface area (Å²) in [4.78, 5) is 11.4. The third kappa shape index (κ3) is 4.12. The van der Waals surface area contributed by atoms with E-state index in [0.717, 1.165) is 12.1 Å². The third-order valence-electron chi connectivity index (χ3n) is 2.57. The Balaban J connectivity index is 2.50. The van der Waals surface area contributed by atoms with Crippen LogP contribution in [0.2, 0.25) is 5.02 Å². The van der Waals surface area contributed by atoms with Crippen LogP contribution in [0.1, 0.15) is 10.4 Å². The smallest absolute Gasteiger partial charge is 0.406 e. The molecule has 0 heterocycles. The Morgan fingerprint density at radius 1 is 1.10 bits per heavy atom. The van der Waals surface area contributed by atoms with Gasteiger partial charge in [0.15, 0.2) is 0 Å². The van der Waals surface area contributed by atoms with E-state index < -0.39 is 17.4 Å². The van der Waals surface area contributed by atoms with Gasteiger partial charge in [0.25, 0.3) is 5.24 Å². The Hall–Kier alpha value is -1.72. The van der Waals surface area contributed by atoms with E-state index in [9.17, 15) is 18.0 Å². The predicted molar refractivity (Wildman–Crippen MR) is 73.8 cm³/mol. The van der Waals surface area contributed by atoms with Gasteiger partial charge in [-0.2, -0.15) is 0 Å². The third-order valence-corrected chi connectivity index (χ3v) is 3.01. The van der Waals surface area contributed by atoms with Crippen LogP contribution in [0.4, 0.5) is 13.2 Å². The lowest BCUT2D eigenvalue weighted by atomic mass is 10.0. The predicted octanol–water partition coefficient (Wildman–Crippen LogP) is 5.28. The molecule has 0 aliphatic rings. The van der Waals surface area contributed by atoms with Gasteiger partial charge in [0, 0.05) is 10.6 Å². The first-order valence-electron chi connectivity index (χ1n) is 5.62. The average Bonchev–Trinajstić information content (AvgIpc) is 2.36. The molecular weight excluding hydrogens is 328 g/mol. The van der Waals surface area contributed by atoms with Crippen molar-refractivity contribution < 1.29 is 22.7 Å². The number of rotatable bonds is 3. The quantitative estimate of drug-likeness (QED) is 0.713. The molecule has 0 saturated carbocycles. The molecule has 0 amide bonds. The summed E-state index contributed by atoms with van der Waals surface area (Å²) in [7, 11) is 0. The molecule has 0 atom stereocenters. The Morgan fingerprint density at radius 2 is 1.81 bits per heavy atom. The van der Waals surface area contributed by atoms with E-state index in [1.165, 1.54) is 30.3 Å². The number of ether oxygens (including phenoxy) is 1. The highest BCUT2D eigenvalue weighted by Gasteiger charge is 2.31. The normalized spacial score (nSPS) is 11.3. The van der Waals surface area contributed by atoms with Crippen molar-refractivity contribution >= 4 is 28.4 Å². The van der Waals surface area contributed by atoms with Crippen LogP contribution < -0.4 is 4.74 Å². The standard InChI is InChI=1S/C14H7Cl2F3O2/c15-9-4-5-11(13(16)20)12(7-9)8-2-1-3-10(6-8)21-14(17,18)19/h1-7H. The summed E-state index contributed by atoms with van der Waals surface area (Å²) >= 11 is 11.3. The fraction of sp³-hybridized carbons (Fsp3) is 0.0714. The Kier molecular flexibility index (Phi) is 4.44. The van der Waals surface area contributed by atoms with E-state index in [1.807, 2.05) is 0 Å². The van der Waals surface area contributed by atoms with Crippen molar-refractivity contribution in [2.45, 2.75) is 6.36 Å². The molecular formula is C14H7Cl2F3O2. The lowest BCUT2D eigenvalue weighted by Gasteiger charge is -2.11. The molecule has 7 heteroatoms. The number of hydrogen-bond donors (Lipinski definition) is 0. The highest BCUT2D eigenvalue weighted by atomic mass is 35.5. The summed E-state index contributed by atoms with van der Waals surface area (Å²) in [6.07, 6.45) is -4.79. The first-order valence-corrected chi connectivity index (χ1v) is 6.37. The van der Waals surface area contributed by atoms with Gasteiger partial charge in [0.1, 0.15) is 5.75 Å². The van der Waals surface area contributed by atoms with Crippen molar-refractivity contribution in [2.75, 3.05) is 0 Å². The van der Waals surface area contributed by atoms with Gasteiger partial charge in [0.2, 0.25) is 0 Å². The minimum absolute atomic E-state index is 0.144. The topological polar surface area (TPSA) is 26.3 Å². The molecule has 0 aliphatic heterocycles. The lowest BCUT2D eigenvalue weighted by molar-refractivity contribution is -0.274. The van der Waals surface area contributed by atoms with Crippen molar-refractivity contribution in [3.05, 3.63) is 53.1 Å². The Morgan fingerprint density at radius 3 is 2.43 bits per heavy atom. The average molecular weight is 335 g/mol. The van der Waals surface area contributed by atoms with E-state index in [2.05, 4.69) is 4.74 Å². The van der Waals surface area contributed by atoms with E-state index in [-0.39, 0.29) is 5.56 Å². The lowest BCUT2D eigenvalue weighted by Crippen LogP contribution is -2.17. The number of carbonyl (C=O) groups excluding carboxylic acids is 1. The SMILES string of the molecule is O=C(Cl)c1ccc(Cl)cc1-c1cccc(OC(F)(F)F)c1. The molecule has 2 aromatic rings. The number of halogens is 5. The molecule has 2 rings (SSSR count). The van der Waals surface area contributed by atoms with Gasteiger partial charge in [-0.25, -0.2) is 0 Å². The molecule has 0 unspecified atom stereocenters. The van der Waals surface area contributed by atoms with Gasteiger partial charge in [-0.15, -0.1) is 13.2 Å². The second-order valence-electron chi connectivity index (χ2n) is 4.04. The second-order valence-corrected chi connectivity index (χ2v) is 4.82. The number of hydrogen-bond acceptors (Lipinski definition) is 2.